The van der Waals surface area contributed by atoms with Gasteiger partial charge in [-0.25, -0.2) is 42.1 Å². The molecule has 63 heavy (non-hydrogen) atoms. The summed E-state index contributed by atoms with van der Waals surface area (Å²) in [5.41, 5.74) is 12.4. The van der Waals surface area contributed by atoms with Crippen LogP contribution in [0.3, 0.4) is 0 Å². The van der Waals surface area contributed by atoms with Crippen LogP contribution in [-0.4, -0.2) is 35.6 Å². The Balaban J connectivity index is 0.000000282. The molecule has 0 aliphatic carbocycles. The van der Waals surface area contributed by atoms with Gasteiger partial charge in [0.15, 0.2) is 0 Å². The van der Waals surface area contributed by atoms with E-state index in [0.29, 0.717) is 54.8 Å². The number of anilines is 2. The van der Waals surface area contributed by atoms with Crippen molar-refractivity contribution >= 4 is 86.2 Å². The van der Waals surface area contributed by atoms with E-state index in [1.54, 1.807) is 97.1 Å². The van der Waals surface area contributed by atoms with Crippen LogP contribution in [0.4, 0.5) is 45.1 Å². The number of halogens is 6. The second-order valence-electron chi connectivity index (χ2n) is 13.5. The van der Waals surface area contributed by atoms with Gasteiger partial charge in [0.05, 0.1) is 28.8 Å². The van der Waals surface area contributed by atoms with Gasteiger partial charge in [-0.05, 0) is 172 Å². The van der Waals surface area contributed by atoms with Gasteiger partial charge < -0.3 is 16.4 Å². The Morgan fingerprint density at radius 2 is 0.937 bits per heavy atom. The number of carbonyl (C=O) groups excluding carboxylic acids is 2. The Bertz CT molecular complexity index is 2310. The van der Waals surface area contributed by atoms with Crippen molar-refractivity contribution in [2.75, 3.05) is 11.1 Å². The number of benzene rings is 6. The van der Waals surface area contributed by atoms with Crippen molar-refractivity contribution in [1.82, 2.24) is 5.32 Å². The van der Waals surface area contributed by atoms with Crippen molar-refractivity contribution in [1.29, 1.82) is 0 Å². The Morgan fingerprint density at radius 3 is 1.22 bits per heavy atom. The monoisotopic (exact) mass is 1120 g/mol. The van der Waals surface area contributed by atoms with Gasteiger partial charge >= 0.3 is 55.5 Å². The van der Waals surface area contributed by atoms with Crippen LogP contribution in [0, 0.1) is 23.3 Å². The van der Waals surface area contributed by atoms with Gasteiger partial charge in [0.1, 0.15) is 23.3 Å². The summed E-state index contributed by atoms with van der Waals surface area (Å²) in [6.45, 7) is 7.79. The van der Waals surface area contributed by atoms with Gasteiger partial charge in [0, 0.05) is 39.7 Å². The van der Waals surface area contributed by atoms with Crippen molar-refractivity contribution in [2.24, 2.45) is 15.0 Å². The fourth-order valence-electron chi connectivity index (χ4n) is 5.12. The zero-order valence-electron chi connectivity index (χ0n) is 34.9. The summed E-state index contributed by atoms with van der Waals surface area (Å²) in [6.07, 6.45) is 3.25. The van der Waals surface area contributed by atoms with Gasteiger partial charge in [0.2, 0.25) is 6.08 Å². The number of rotatable bonds is 11. The molecule has 0 heterocycles. The van der Waals surface area contributed by atoms with E-state index in [0.717, 1.165) is 24.0 Å². The summed E-state index contributed by atoms with van der Waals surface area (Å²) in [5.74, 6) is -1.33. The molecule has 327 valence electrons. The molecule has 0 fully saturated rings. The van der Waals surface area contributed by atoms with Crippen LogP contribution in [0.1, 0.15) is 62.8 Å². The van der Waals surface area contributed by atoms with Crippen LogP contribution < -0.4 is 16.4 Å². The topological polar surface area (TPSA) is 121 Å². The van der Waals surface area contributed by atoms with Crippen LogP contribution >= 0.6 is 40.0 Å². The third-order valence-electron chi connectivity index (χ3n) is 8.82. The molecule has 0 aromatic heterocycles. The Hall–Kier alpha value is -5.13. The summed E-state index contributed by atoms with van der Waals surface area (Å²) < 4.78 is 53.1. The number of nitrogens with zero attached hydrogens (tertiary/aromatic N) is 3. The standard InChI is InChI=1S/C24H23F2N3O.C19H14F2N2.C5H9NO.2HI.V/c1-3-16(2)27-24(30)29-22-14-12-21(13-15-22)28-23(17-4-8-19(25)9-5-17)18-6-10-20(26)11-7-18;20-15-5-1-13(2-6-15)19(14-3-7-16(21)8-4-14)23-18-11-9-17(22)10-12-18;1-3-5(2)6-4-7;;;/h4-16H,3H2,1-2H3,(H2,27,29,30);1-12H,22H2;5H,3H2,1-2H3;2*1H;/q;;;;;+2/p-2. The van der Waals surface area contributed by atoms with E-state index < -0.39 is 0 Å². The molecule has 0 spiro atoms. The van der Waals surface area contributed by atoms with Crippen molar-refractivity contribution in [3.05, 3.63) is 191 Å². The van der Waals surface area contributed by atoms with E-state index >= 15 is 0 Å². The zero-order chi connectivity index (χ0) is 46.1. The van der Waals surface area contributed by atoms with Crippen LogP contribution in [0.15, 0.2) is 161 Å². The molecule has 6 rings (SSSR count). The number of nitrogens with two attached hydrogens (primary N) is 1. The average molecular weight is 1120 g/mol. The van der Waals surface area contributed by atoms with E-state index in [9.17, 15) is 27.2 Å². The first-order valence-electron chi connectivity index (χ1n) is 19.5. The first-order valence-corrected chi connectivity index (χ1v) is 28.5. The zero-order valence-corrected chi connectivity index (χ0v) is 40.6. The molecule has 0 aliphatic rings. The van der Waals surface area contributed by atoms with Gasteiger partial charge in [-0.1, -0.05) is 13.8 Å². The molecule has 0 saturated heterocycles. The molecule has 0 saturated carbocycles. The number of hydrogen-bond donors (Lipinski definition) is 3. The second-order valence-corrected chi connectivity index (χ2v) is 25.3. The molecule has 4 N–H and O–H groups in total. The minimum absolute atomic E-state index is 0.0860. The van der Waals surface area contributed by atoms with Crippen LogP contribution in [-0.2, 0) is 14.3 Å². The predicted octanol–water partition coefficient (Wildman–Crippen LogP) is 13.7. The van der Waals surface area contributed by atoms with Crippen molar-refractivity contribution in [3.8, 4) is 0 Å². The van der Waals surface area contributed by atoms with E-state index in [-0.39, 0.29) is 41.4 Å². The molecule has 2 atom stereocenters. The van der Waals surface area contributed by atoms with Crippen molar-refractivity contribution in [2.45, 2.75) is 52.6 Å². The number of hydrogen-bond acceptors (Lipinski definition) is 6. The van der Waals surface area contributed by atoms with Crippen molar-refractivity contribution < 1.29 is 36.6 Å². The fourth-order valence-corrected chi connectivity index (χ4v) is 5.12. The second kappa shape index (κ2) is 28.5. The molecule has 8 nitrogen and oxygen atoms in total. The molecule has 0 bridgehead atoms. The predicted molar refractivity (Wildman–Crippen MR) is 261 cm³/mol. The first kappa shape index (κ1) is 52.2. The van der Waals surface area contributed by atoms with E-state index in [1.165, 1.54) is 54.6 Å². The van der Waals surface area contributed by atoms with Gasteiger partial charge in [-0.3, -0.25) is 0 Å². The van der Waals surface area contributed by atoms with Gasteiger partial charge in [-0.15, -0.1) is 0 Å². The quantitative estimate of drug-likeness (QED) is 0.0394. The maximum atomic E-state index is 13.4. The minimum atomic E-state index is -0.344. The molecular weight excluding hydrogens is 1070 g/mol. The number of amides is 2. The molecule has 6 aromatic rings. The SMILES string of the molecule is CCC(C)N=C=O.CCC(C)NC(=O)Nc1ccc(N=C(c2ccc(F)cc2)c2ccc(F)cc2)cc1.Nc1ccc(N=C(c2ccc(F)cc2)c2ccc(F)cc2)cc1.[I][V][I]. The summed E-state index contributed by atoms with van der Waals surface area (Å²) in [4.78, 5) is 34.2. The fraction of sp³-hybridized carbons (Fsp3) is 0.167. The normalized spacial score (nSPS) is 10.8. The Morgan fingerprint density at radius 1 is 0.603 bits per heavy atom. The maximum absolute atomic E-state index is 13.4. The molecule has 15 heteroatoms. The summed E-state index contributed by atoms with van der Waals surface area (Å²) in [6, 6.07) is 38.2. The third-order valence-corrected chi connectivity index (χ3v) is 8.82. The van der Waals surface area contributed by atoms with Gasteiger partial charge in [-0.2, -0.15) is 0 Å². The molecule has 0 aliphatic heterocycles. The van der Waals surface area contributed by atoms with Crippen LogP contribution in [0.2, 0.25) is 0 Å². The number of carbonyl (C=O) groups is 1. The van der Waals surface area contributed by atoms with E-state index in [4.69, 9.17) is 5.73 Å². The average Bonchev–Trinajstić information content (AvgIpc) is 3.28. The Labute approximate surface area is 394 Å². The number of nitrogens with one attached hydrogen (secondary N) is 2. The van der Waals surface area contributed by atoms with Crippen LogP contribution in [0.5, 0.6) is 0 Å². The van der Waals surface area contributed by atoms with Crippen LogP contribution in [0.25, 0.3) is 0 Å². The molecule has 0 radical (unpaired) electrons. The number of urea groups is 1. The number of nitrogen functional groups attached to an aromatic ring is 1. The molecule has 6 aromatic carbocycles. The van der Waals surface area contributed by atoms with E-state index in [2.05, 4.69) is 65.6 Å². The molecular formula is C48H46F4I2N6O2V. The summed E-state index contributed by atoms with van der Waals surface area (Å²) in [7, 11) is 0.628. The van der Waals surface area contributed by atoms with E-state index in [1.807, 2.05) is 27.7 Å². The number of aliphatic imine (C=N–C) groups is 3. The van der Waals surface area contributed by atoms with Gasteiger partial charge in [0.25, 0.3) is 0 Å². The number of isocyanates is 1. The summed E-state index contributed by atoms with van der Waals surface area (Å²) >= 11 is 4.74. The molecule has 2 unspecified atom stereocenters. The summed E-state index contributed by atoms with van der Waals surface area (Å²) in [5, 5.41) is 5.62. The Kier molecular flexibility index (Phi) is 23.7. The van der Waals surface area contributed by atoms with Crippen molar-refractivity contribution in [3.63, 3.8) is 0 Å². The first-order chi connectivity index (χ1) is 30.3. The molecule has 2 amide bonds. The third kappa shape index (κ3) is 19.4.